The van der Waals surface area contributed by atoms with Gasteiger partial charge < -0.3 is 195 Å². The fourth-order valence-electron chi connectivity index (χ4n) is 20.2. The van der Waals surface area contributed by atoms with E-state index in [1.54, 1.807) is 56.4 Å². The molecule has 8 rings (SSSR count). The van der Waals surface area contributed by atoms with E-state index >= 15 is 0 Å². The summed E-state index contributed by atoms with van der Waals surface area (Å²) >= 11 is 0. The third kappa shape index (κ3) is 124. The zero-order valence-electron chi connectivity index (χ0n) is 101. The quantitative estimate of drug-likeness (QED) is 0.0406. The normalized spacial score (nSPS) is 23.9. The van der Waals surface area contributed by atoms with Crippen LogP contribution in [-0.2, 0) is 208 Å². The van der Waals surface area contributed by atoms with Crippen molar-refractivity contribution in [1.29, 1.82) is 0 Å². The van der Waals surface area contributed by atoms with Crippen LogP contribution >= 0.6 is 0 Å². The topological polar surface area (TPSA) is 282 Å². The fraction of sp³-hybridized carbons (Fsp3) is 0.893. The fourth-order valence-corrected chi connectivity index (χ4v) is 20.2. The van der Waals surface area contributed by atoms with Crippen molar-refractivity contribution < 1.29 is 208 Å². The van der Waals surface area contributed by atoms with Gasteiger partial charge in [-0.25, -0.2) is 0 Å². The van der Waals surface area contributed by atoms with E-state index in [9.17, 15) is 0 Å². The van der Waals surface area contributed by atoms with Crippen molar-refractivity contribution in [1.82, 2.24) is 0 Å². The van der Waals surface area contributed by atoms with E-state index in [4.69, 9.17) is 0 Å². The second kappa shape index (κ2) is 158. The smallest absolute Gasteiger partial charge is 0.668 e. The molecule has 0 aliphatic heterocycles. The van der Waals surface area contributed by atoms with Crippen LogP contribution in [0.3, 0.4) is 0 Å². The molecule has 20 atom stereocenters. The first kappa shape index (κ1) is 206. The maximum absolute atomic E-state index is 4.20. The number of nitrogens with zero attached hydrogens (tertiary/aromatic N) is 20. The molecule has 8 saturated carbocycles. The van der Waals surface area contributed by atoms with E-state index in [0.717, 1.165) is 223 Å². The van der Waals surface area contributed by atoms with Crippen LogP contribution in [0.1, 0.15) is 259 Å². The van der Waals surface area contributed by atoms with E-state index in [-0.39, 0.29) is 297 Å². The number of hydrogen-bond acceptors (Lipinski definition) is 0. The molecule has 0 spiro atoms. The molecular formula is C112H244Hf4N20Zr4. The Labute approximate surface area is 1040 Å². The average Bonchev–Trinajstić information content (AvgIpc) is 1.74. The van der Waals surface area contributed by atoms with Gasteiger partial charge in [0.25, 0.3) is 0 Å². The van der Waals surface area contributed by atoms with Crippen LogP contribution in [0.5, 0.6) is 0 Å². The largest absolute Gasteiger partial charge is 4.00 e. The molecule has 0 amide bonds. The molecule has 28 heteroatoms. The Morgan fingerprint density at radius 3 is 0.314 bits per heavy atom. The van der Waals surface area contributed by atoms with Gasteiger partial charge in [-0.3, -0.25) is 0 Å². The molecule has 0 bridgehead atoms. The molecule has 0 aromatic carbocycles. The Hall–Kier alpha value is 6.21. The summed E-state index contributed by atoms with van der Waals surface area (Å²) < 4.78 is 0. The molecule has 140 heavy (non-hydrogen) atoms. The Kier molecular flexibility index (Phi) is 233. The van der Waals surface area contributed by atoms with Gasteiger partial charge in [-0.05, 0) is 195 Å². The van der Waals surface area contributed by atoms with Crippen molar-refractivity contribution in [3.05, 3.63) is 195 Å². The molecule has 0 heterocycles. The van der Waals surface area contributed by atoms with Gasteiger partial charge in [0.1, 0.15) is 0 Å². The molecule has 0 radical (unpaired) electrons. The number of hydrogen-bond donors (Lipinski definition) is 0. The minimum absolute atomic E-state index is 0. The summed E-state index contributed by atoms with van der Waals surface area (Å²) in [5.41, 5.74) is 0. The van der Waals surface area contributed by atoms with Gasteiger partial charge in [-0.2, -0.15) is 169 Å². The molecule has 0 aromatic rings. The van der Waals surface area contributed by atoms with Crippen molar-refractivity contribution in [3.8, 4) is 0 Å². The van der Waals surface area contributed by atoms with Crippen LogP contribution in [0.4, 0.5) is 0 Å². The maximum Gasteiger partial charge on any atom is 4.00 e. The van der Waals surface area contributed by atoms with Crippen molar-refractivity contribution in [3.63, 3.8) is 0 Å². The molecular weight excluding hydrogens is 2700 g/mol. The monoisotopic (exact) mass is 2950 g/mol. The molecule has 8 aliphatic rings. The summed E-state index contributed by atoms with van der Waals surface area (Å²) in [5, 5.41) is 80.9. The summed E-state index contributed by atoms with van der Waals surface area (Å²) in [6, 6.07) is 0. The zero-order chi connectivity index (χ0) is 90.5. The first-order chi connectivity index (χ1) is 58.2. The van der Waals surface area contributed by atoms with Gasteiger partial charge in [0.2, 0.25) is 0 Å². The molecule has 0 aromatic heterocycles. The molecule has 0 N–H and O–H groups in total. The van der Waals surface area contributed by atoms with Crippen molar-refractivity contribution in [2.45, 2.75) is 259 Å². The standard InChI is InChI=1S/4C12H24N2.4C11H22N2.4C2H6N.12CH3.4Hf.4Zr/c4*1-10-8-11(4-6-13-2)9-12(10)5-7-14-3;4*1-12-7-5-10-3-4-11(9-10)6-8-13-2;4*1-3-2;;;;;;;;;;;;;;;;;;;;/h4*10-12H,4-9H2,1-3H3;4*10-11H,3-9H2,1-2H3;4*1-2H3;12*1H3;;;;;;;;/q8*-2;16*-1;8*+4. The summed E-state index contributed by atoms with van der Waals surface area (Å²) in [5.74, 6) is 18.9. The van der Waals surface area contributed by atoms with Crippen molar-refractivity contribution in [2.24, 2.45) is 118 Å². The zero-order valence-corrected chi connectivity index (χ0v) is 125. The van der Waals surface area contributed by atoms with Crippen molar-refractivity contribution >= 4 is 0 Å². The number of rotatable bonds is 48. The molecule has 0 saturated heterocycles. The predicted molar refractivity (Wildman–Crippen MR) is 623 cm³/mol. The Morgan fingerprint density at radius 2 is 0.221 bits per heavy atom. The van der Waals surface area contributed by atoms with Gasteiger partial charge in [0.05, 0.1) is 0 Å². The van der Waals surface area contributed by atoms with Gasteiger partial charge in [-0.1, -0.05) is 182 Å². The summed E-state index contributed by atoms with van der Waals surface area (Å²) in [6.45, 7) is 26.6. The van der Waals surface area contributed by atoms with Gasteiger partial charge in [-0.15, -0.1) is 105 Å². The average molecular weight is 2950 g/mol. The molecule has 8 fully saturated rings. The predicted octanol–water partition coefficient (Wildman–Crippen LogP) is 34.4. The second-order valence-corrected chi connectivity index (χ2v) is 37.5. The molecule has 8 aliphatic carbocycles. The van der Waals surface area contributed by atoms with Crippen LogP contribution in [0.25, 0.3) is 106 Å². The second-order valence-electron chi connectivity index (χ2n) is 37.5. The minimum atomic E-state index is 0. The van der Waals surface area contributed by atoms with E-state index in [2.05, 4.69) is 134 Å². The summed E-state index contributed by atoms with van der Waals surface area (Å²) in [6.07, 6.45) is 49.6. The maximum atomic E-state index is 4.20. The molecule has 20 unspecified atom stereocenters. The SMILES string of the molecule is C[N-]C.C[N-]C.C[N-]C.C[N-]C.C[N-]CCC1CC(C)C(CC[N-]C)C1.C[N-]CCC1CC(C)C(CC[N-]C)C1.C[N-]CCC1CC(C)C(CC[N-]C)C1.C[N-]CCC1CC(C)C(CC[N-]C)C1.C[N-]CCC1CCC(CC[N-]C)C1.C[N-]CCC1CCC(CC[N-]C)C1.C[N-]CCC1CCC(CC[N-]C)C1.C[N-]CCC1CCC(CC[N-]C)C1.[CH3-].[CH3-].[CH3-].[CH3-].[CH3-].[CH3-].[CH3-].[CH3-].[CH3-].[CH3-].[CH3-].[CH3-].[Hf+4].[Hf+4].[Hf+4].[Hf+4].[Zr+4].[Zr+4].[Zr+4].[Zr+4]. The van der Waals surface area contributed by atoms with Gasteiger partial charge in [0, 0.05) is 0 Å². The van der Waals surface area contributed by atoms with Crippen LogP contribution in [-0.4, -0.2) is 274 Å². The third-order valence-electron chi connectivity index (χ3n) is 27.2. The van der Waals surface area contributed by atoms with Crippen LogP contribution in [0.15, 0.2) is 0 Å². The van der Waals surface area contributed by atoms with Gasteiger partial charge >= 0.3 is 208 Å². The Bertz CT molecular complexity index is 1670. The molecule has 824 valence electrons. The van der Waals surface area contributed by atoms with Crippen LogP contribution in [0, 0.1) is 207 Å². The van der Waals surface area contributed by atoms with Gasteiger partial charge in [0.15, 0.2) is 0 Å². The summed E-state index contributed by atoms with van der Waals surface area (Å²) in [4.78, 5) is 0. The minimum Gasteiger partial charge on any atom is -0.668 e. The molecule has 20 nitrogen and oxygen atoms in total. The van der Waals surface area contributed by atoms with Crippen LogP contribution < -0.4 is 0 Å². The van der Waals surface area contributed by atoms with E-state index in [1.165, 1.54) is 231 Å². The van der Waals surface area contributed by atoms with Crippen LogP contribution in [0.2, 0.25) is 0 Å². The van der Waals surface area contributed by atoms with Crippen molar-refractivity contribution in [2.75, 3.05) is 274 Å². The summed E-state index contributed by atoms with van der Waals surface area (Å²) in [7, 11) is 44.7. The van der Waals surface area contributed by atoms with E-state index < -0.39 is 0 Å². The first-order valence-electron chi connectivity index (χ1n) is 49.0. The Morgan fingerprint density at radius 1 is 0.136 bits per heavy atom. The van der Waals surface area contributed by atoms with E-state index in [0.29, 0.717) is 0 Å². The third-order valence-corrected chi connectivity index (χ3v) is 27.2. The first-order valence-corrected chi connectivity index (χ1v) is 49.0. The Balaban J connectivity index is -0.0000000481. The van der Waals surface area contributed by atoms with E-state index in [1.807, 2.05) is 113 Å².